The summed E-state index contributed by atoms with van der Waals surface area (Å²) in [5, 5.41) is 6.07. The van der Waals surface area contributed by atoms with E-state index in [1.165, 1.54) is 0 Å². The number of rotatable bonds is 6. The highest BCUT2D eigenvalue weighted by Crippen LogP contribution is 2.19. The molecule has 0 radical (unpaired) electrons. The van der Waals surface area contributed by atoms with Crippen molar-refractivity contribution in [1.29, 1.82) is 0 Å². The van der Waals surface area contributed by atoms with Gasteiger partial charge < -0.3 is 10.6 Å². The third-order valence-electron chi connectivity index (χ3n) is 3.35. The molecule has 0 aliphatic heterocycles. The second-order valence-corrected chi connectivity index (χ2v) is 5.56. The second kappa shape index (κ2) is 8.00. The molecule has 2 N–H and O–H groups in total. The monoisotopic (exact) mass is 311 g/mol. The Morgan fingerprint density at radius 3 is 2.57 bits per heavy atom. The lowest BCUT2D eigenvalue weighted by Gasteiger charge is -2.23. The highest BCUT2D eigenvalue weighted by atomic mass is 35.5. The SMILES string of the molecule is CNC(=O)C[C@H](C)N(C)CC(=O)Nc1ccc(Cl)c(C)c1. The lowest BCUT2D eigenvalue weighted by Crippen LogP contribution is -2.39. The number of carbonyl (C=O) groups is 2. The average Bonchev–Trinajstić information content (AvgIpc) is 2.42. The zero-order valence-corrected chi connectivity index (χ0v) is 13.6. The third-order valence-corrected chi connectivity index (χ3v) is 3.77. The van der Waals surface area contributed by atoms with Gasteiger partial charge in [-0.05, 0) is 44.7 Å². The largest absolute Gasteiger partial charge is 0.359 e. The van der Waals surface area contributed by atoms with Crippen LogP contribution in [0.3, 0.4) is 0 Å². The van der Waals surface area contributed by atoms with E-state index in [9.17, 15) is 9.59 Å². The molecule has 116 valence electrons. The van der Waals surface area contributed by atoms with Gasteiger partial charge in [0.25, 0.3) is 0 Å². The fourth-order valence-corrected chi connectivity index (χ4v) is 1.95. The number of halogens is 1. The lowest BCUT2D eigenvalue weighted by molar-refractivity contribution is -0.123. The summed E-state index contributed by atoms with van der Waals surface area (Å²) < 4.78 is 0. The fourth-order valence-electron chi connectivity index (χ4n) is 1.83. The van der Waals surface area contributed by atoms with Gasteiger partial charge in [0.1, 0.15) is 0 Å². The molecule has 5 nitrogen and oxygen atoms in total. The molecule has 6 heteroatoms. The van der Waals surface area contributed by atoms with Crippen molar-refractivity contribution >= 4 is 29.1 Å². The number of amides is 2. The number of anilines is 1. The van der Waals surface area contributed by atoms with Crippen molar-refractivity contribution in [2.75, 3.05) is 26.0 Å². The van der Waals surface area contributed by atoms with Gasteiger partial charge in [-0.1, -0.05) is 11.6 Å². The molecule has 0 aliphatic carbocycles. The number of likely N-dealkylation sites (N-methyl/N-ethyl adjacent to an activating group) is 1. The molecule has 0 unspecified atom stereocenters. The predicted molar refractivity (Wildman–Crippen MR) is 85.6 cm³/mol. The van der Waals surface area contributed by atoms with E-state index in [2.05, 4.69) is 10.6 Å². The van der Waals surface area contributed by atoms with E-state index in [0.717, 1.165) is 5.56 Å². The molecule has 0 aliphatic rings. The van der Waals surface area contributed by atoms with E-state index in [4.69, 9.17) is 11.6 Å². The third kappa shape index (κ3) is 5.73. The smallest absolute Gasteiger partial charge is 0.238 e. The van der Waals surface area contributed by atoms with Crippen molar-refractivity contribution in [2.45, 2.75) is 26.3 Å². The molecule has 0 bridgehead atoms. The number of hydrogen-bond donors (Lipinski definition) is 2. The van der Waals surface area contributed by atoms with E-state index in [-0.39, 0.29) is 24.4 Å². The topological polar surface area (TPSA) is 61.4 Å². The Labute approximate surface area is 130 Å². The first-order chi connectivity index (χ1) is 9.83. The number of nitrogens with one attached hydrogen (secondary N) is 2. The van der Waals surface area contributed by atoms with Crippen LogP contribution in [0.25, 0.3) is 0 Å². The Bertz CT molecular complexity index is 520. The minimum absolute atomic E-state index is 0.0114. The van der Waals surface area contributed by atoms with Crippen LogP contribution in [0.4, 0.5) is 5.69 Å². The molecule has 1 aromatic carbocycles. The van der Waals surface area contributed by atoms with E-state index in [1.807, 2.05) is 31.9 Å². The van der Waals surface area contributed by atoms with E-state index < -0.39 is 0 Å². The Morgan fingerprint density at radius 2 is 2.00 bits per heavy atom. The standard InChI is InChI=1S/C15H22ClN3O2/c1-10-7-12(5-6-13(10)16)18-15(21)9-19(4)11(2)8-14(20)17-3/h5-7,11H,8-9H2,1-4H3,(H,17,20)(H,18,21)/t11-/m0/s1. The van der Waals surface area contributed by atoms with Crippen molar-refractivity contribution < 1.29 is 9.59 Å². The first-order valence-corrected chi connectivity index (χ1v) is 7.18. The summed E-state index contributed by atoms with van der Waals surface area (Å²) in [6, 6.07) is 5.34. The van der Waals surface area contributed by atoms with Crippen molar-refractivity contribution in [1.82, 2.24) is 10.2 Å². The molecular formula is C15H22ClN3O2. The molecular weight excluding hydrogens is 290 g/mol. The Kier molecular flexibility index (Phi) is 6.65. The summed E-state index contributed by atoms with van der Waals surface area (Å²) in [6.45, 7) is 4.02. The van der Waals surface area contributed by atoms with Crippen LogP contribution in [0.2, 0.25) is 5.02 Å². The molecule has 0 saturated heterocycles. The number of benzene rings is 1. The molecule has 0 aromatic heterocycles. The van der Waals surface area contributed by atoms with Gasteiger partial charge >= 0.3 is 0 Å². The van der Waals surface area contributed by atoms with E-state index >= 15 is 0 Å². The normalized spacial score (nSPS) is 12.1. The molecule has 1 atom stereocenters. The summed E-state index contributed by atoms with van der Waals surface area (Å²) in [5.74, 6) is -0.161. The predicted octanol–water partition coefficient (Wildman–Crippen LogP) is 2.04. The Morgan fingerprint density at radius 1 is 1.33 bits per heavy atom. The first-order valence-electron chi connectivity index (χ1n) is 6.80. The minimum Gasteiger partial charge on any atom is -0.359 e. The zero-order valence-electron chi connectivity index (χ0n) is 12.9. The van der Waals surface area contributed by atoms with Crippen LogP contribution in [-0.2, 0) is 9.59 Å². The Balaban J connectivity index is 2.52. The van der Waals surface area contributed by atoms with Crippen molar-refractivity contribution in [2.24, 2.45) is 0 Å². The first kappa shape index (κ1) is 17.5. The van der Waals surface area contributed by atoms with Crippen LogP contribution in [0.15, 0.2) is 18.2 Å². The summed E-state index contributed by atoms with van der Waals surface area (Å²) in [4.78, 5) is 25.2. The molecule has 0 heterocycles. The average molecular weight is 312 g/mol. The fraction of sp³-hybridized carbons (Fsp3) is 0.467. The van der Waals surface area contributed by atoms with Crippen molar-refractivity contribution in [3.05, 3.63) is 28.8 Å². The van der Waals surface area contributed by atoms with E-state index in [1.54, 1.807) is 19.2 Å². The van der Waals surface area contributed by atoms with Crippen LogP contribution < -0.4 is 10.6 Å². The highest BCUT2D eigenvalue weighted by Gasteiger charge is 2.16. The van der Waals surface area contributed by atoms with Gasteiger partial charge in [-0.2, -0.15) is 0 Å². The second-order valence-electron chi connectivity index (χ2n) is 5.15. The van der Waals surface area contributed by atoms with Crippen LogP contribution >= 0.6 is 11.6 Å². The summed E-state index contributed by atoms with van der Waals surface area (Å²) in [5.41, 5.74) is 1.63. The number of aryl methyl sites for hydroxylation is 1. The number of hydrogen-bond acceptors (Lipinski definition) is 3. The van der Waals surface area contributed by atoms with Gasteiger partial charge in [-0.15, -0.1) is 0 Å². The van der Waals surface area contributed by atoms with Crippen LogP contribution in [-0.4, -0.2) is 43.4 Å². The summed E-state index contributed by atoms with van der Waals surface area (Å²) in [6.07, 6.45) is 0.361. The van der Waals surface area contributed by atoms with Crippen molar-refractivity contribution in [3.63, 3.8) is 0 Å². The van der Waals surface area contributed by atoms with Gasteiger partial charge in [-0.3, -0.25) is 14.5 Å². The van der Waals surface area contributed by atoms with Gasteiger partial charge in [0.15, 0.2) is 0 Å². The van der Waals surface area contributed by atoms with E-state index in [0.29, 0.717) is 17.1 Å². The van der Waals surface area contributed by atoms with Gasteiger partial charge in [0.2, 0.25) is 11.8 Å². The summed E-state index contributed by atoms with van der Waals surface area (Å²) in [7, 11) is 3.42. The van der Waals surface area contributed by atoms with Gasteiger partial charge in [0, 0.05) is 30.2 Å². The van der Waals surface area contributed by atoms with Gasteiger partial charge in [-0.25, -0.2) is 0 Å². The molecule has 0 fully saturated rings. The molecule has 0 saturated carbocycles. The lowest BCUT2D eigenvalue weighted by atomic mass is 10.2. The van der Waals surface area contributed by atoms with Crippen molar-refractivity contribution in [3.8, 4) is 0 Å². The van der Waals surface area contributed by atoms with Crippen LogP contribution in [0.1, 0.15) is 18.9 Å². The van der Waals surface area contributed by atoms with Gasteiger partial charge in [0.05, 0.1) is 6.54 Å². The number of nitrogens with zero attached hydrogens (tertiary/aromatic N) is 1. The van der Waals surface area contributed by atoms with Crippen LogP contribution in [0.5, 0.6) is 0 Å². The molecule has 1 aromatic rings. The Hall–Kier alpha value is -1.59. The zero-order chi connectivity index (χ0) is 16.0. The number of carbonyl (C=O) groups excluding carboxylic acids is 2. The molecule has 0 spiro atoms. The maximum absolute atomic E-state index is 12.0. The molecule has 1 rings (SSSR count). The maximum atomic E-state index is 12.0. The summed E-state index contributed by atoms with van der Waals surface area (Å²) >= 11 is 5.95. The molecule has 2 amide bonds. The van der Waals surface area contributed by atoms with Crippen LogP contribution in [0, 0.1) is 6.92 Å². The quantitative estimate of drug-likeness (QED) is 0.845. The molecule has 21 heavy (non-hydrogen) atoms. The minimum atomic E-state index is -0.122. The highest BCUT2D eigenvalue weighted by molar-refractivity contribution is 6.31. The maximum Gasteiger partial charge on any atom is 0.238 e.